The highest BCUT2D eigenvalue weighted by Gasteiger charge is 2.44. The molecule has 3 rings (SSSR count). The van der Waals surface area contributed by atoms with Gasteiger partial charge in [-0.15, -0.1) is 0 Å². The summed E-state index contributed by atoms with van der Waals surface area (Å²) in [6.45, 7) is 9.25. The molecule has 18 heavy (non-hydrogen) atoms. The van der Waals surface area contributed by atoms with Gasteiger partial charge in [0.2, 0.25) is 0 Å². The van der Waals surface area contributed by atoms with E-state index in [1.165, 1.54) is 22.3 Å². The van der Waals surface area contributed by atoms with Crippen LogP contribution >= 0.6 is 0 Å². The minimum Gasteiger partial charge on any atom is -0.369 e. The minimum atomic E-state index is -0.0173. The van der Waals surface area contributed by atoms with Gasteiger partial charge in [0.25, 0.3) is 0 Å². The summed E-state index contributed by atoms with van der Waals surface area (Å²) >= 11 is 0. The largest absolute Gasteiger partial charge is 0.369 e. The highest BCUT2D eigenvalue weighted by atomic mass is 16.5. The van der Waals surface area contributed by atoms with Crippen molar-refractivity contribution in [3.63, 3.8) is 0 Å². The fraction of sp³-hybridized carbons (Fsp3) is 0.500. The Labute approximate surface area is 109 Å². The molecule has 2 heteroatoms. The lowest BCUT2D eigenvalue weighted by molar-refractivity contribution is -0.0518. The molecule has 0 amide bonds. The molecule has 2 aliphatic heterocycles. The number of fused-ring (bicyclic) bond motifs is 3. The summed E-state index contributed by atoms with van der Waals surface area (Å²) in [7, 11) is 0. The molecular weight excluding hydrogens is 222 g/mol. The van der Waals surface area contributed by atoms with E-state index in [2.05, 4.69) is 50.4 Å². The molecule has 0 aromatic heterocycles. The third-order valence-electron chi connectivity index (χ3n) is 4.18. The number of hydrogen-bond acceptors (Lipinski definition) is 2. The molecule has 1 saturated heterocycles. The van der Waals surface area contributed by atoms with Crippen LogP contribution in [0.3, 0.4) is 0 Å². The zero-order chi connectivity index (χ0) is 12.8. The molecule has 2 nitrogen and oxygen atoms in total. The lowest BCUT2D eigenvalue weighted by Crippen LogP contribution is -2.39. The van der Waals surface area contributed by atoms with E-state index in [0.29, 0.717) is 5.92 Å². The van der Waals surface area contributed by atoms with Crippen LogP contribution in [0.15, 0.2) is 23.8 Å². The van der Waals surface area contributed by atoms with E-state index in [-0.39, 0.29) is 5.60 Å². The predicted molar refractivity (Wildman–Crippen MR) is 74.6 cm³/mol. The predicted octanol–water partition coefficient (Wildman–Crippen LogP) is 3.09. The smallest absolute Gasteiger partial charge is 0.0863 e. The van der Waals surface area contributed by atoms with Crippen molar-refractivity contribution < 1.29 is 4.74 Å². The number of allylic oxidation sites excluding steroid dienone is 1. The fourth-order valence-electron chi connectivity index (χ4n) is 3.19. The first kappa shape index (κ1) is 11.9. The van der Waals surface area contributed by atoms with Crippen LogP contribution in [-0.4, -0.2) is 18.7 Å². The second-order valence-corrected chi connectivity index (χ2v) is 5.92. The van der Waals surface area contributed by atoms with Crippen molar-refractivity contribution in [2.24, 2.45) is 0 Å². The average Bonchev–Trinajstić information content (AvgIpc) is 2.70. The van der Waals surface area contributed by atoms with Crippen molar-refractivity contribution >= 4 is 6.08 Å². The molecule has 0 saturated carbocycles. The average molecular weight is 243 g/mol. The van der Waals surface area contributed by atoms with Gasteiger partial charge in [0.05, 0.1) is 12.2 Å². The summed E-state index contributed by atoms with van der Waals surface area (Å²) in [5.74, 6) is 0.492. The van der Waals surface area contributed by atoms with Gasteiger partial charge in [-0.1, -0.05) is 29.8 Å². The zero-order valence-corrected chi connectivity index (χ0v) is 11.4. The lowest BCUT2D eigenvalue weighted by Gasteiger charge is -2.37. The van der Waals surface area contributed by atoms with E-state index in [1.807, 2.05) is 0 Å². The first-order valence-corrected chi connectivity index (χ1v) is 6.71. The van der Waals surface area contributed by atoms with Crippen molar-refractivity contribution in [1.29, 1.82) is 0 Å². The van der Waals surface area contributed by atoms with E-state index in [9.17, 15) is 0 Å². The highest BCUT2D eigenvalue weighted by Crippen LogP contribution is 2.42. The molecule has 1 aromatic carbocycles. The highest BCUT2D eigenvalue weighted by molar-refractivity contribution is 5.59. The molecule has 2 unspecified atom stereocenters. The van der Waals surface area contributed by atoms with E-state index in [1.54, 1.807) is 0 Å². The van der Waals surface area contributed by atoms with Crippen LogP contribution in [0.25, 0.3) is 6.08 Å². The number of nitrogens with one attached hydrogen (secondary N) is 1. The van der Waals surface area contributed by atoms with Crippen molar-refractivity contribution in [3.05, 3.63) is 40.5 Å². The summed E-state index contributed by atoms with van der Waals surface area (Å²) in [5.41, 5.74) is 5.49. The minimum absolute atomic E-state index is 0.0173. The first-order chi connectivity index (χ1) is 8.60. The number of rotatable bonds is 1. The molecule has 0 bridgehead atoms. The molecule has 96 valence electrons. The van der Waals surface area contributed by atoms with Gasteiger partial charge in [-0.2, -0.15) is 0 Å². The number of benzene rings is 1. The van der Waals surface area contributed by atoms with E-state index >= 15 is 0 Å². The van der Waals surface area contributed by atoms with E-state index < -0.39 is 0 Å². The Morgan fingerprint density at radius 3 is 3.06 bits per heavy atom. The molecule has 0 spiro atoms. The quantitative estimate of drug-likeness (QED) is 0.818. The molecular formula is C16H21NO. The maximum atomic E-state index is 6.15. The summed E-state index contributed by atoms with van der Waals surface area (Å²) in [5, 5.41) is 3.47. The van der Waals surface area contributed by atoms with Crippen LogP contribution in [0.2, 0.25) is 0 Å². The van der Waals surface area contributed by atoms with Gasteiger partial charge in [0.15, 0.2) is 0 Å². The second-order valence-electron chi connectivity index (χ2n) is 5.92. The SMILES string of the molecule is CC(C)=Cc1cccc2c1COC1(C)CNCC21. The van der Waals surface area contributed by atoms with E-state index in [0.717, 1.165) is 19.7 Å². The van der Waals surface area contributed by atoms with Crippen LogP contribution in [0.4, 0.5) is 0 Å². The number of hydrogen-bond donors (Lipinski definition) is 1. The van der Waals surface area contributed by atoms with Crippen LogP contribution in [0.5, 0.6) is 0 Å². The molecule has 1 N–H and O–H groups in total. The molecule has 2 aliphatic rings. The summed E-state index contributed by atoms with van der Waals surface area (Å²) in [6, 6.07) is 6.65. The Morgan fingerprint density at radius 1 is 1.44 bits per heavy atom. The van der Waals surface area contributed by atoms with Crippen LogP contribution in [0.1, 0.15) is 43.4 Å². The van der Waals surface area contributed by atoms with Crippen LogP contribution in [0, 0.1) is 0 Å². The molecule has 0 aliphatic carbocycles. The molecule has 2 atom stereocenters. The fourth-order valence-corrected chi connectivity index (χ4v) is 3.19. The van der Waals surface area contributed by atoms with Gasteiger partial charge in [0.1, 0.15) is 0 Å². The van der Waals surface area contributed by atoms with Gasteiger partial charge in [-0.3, -0.25) is 0 Å². The van der Waals surface area contributed by atoms with Gasteiger partial charge in [-0.25, -0.2) is 0 Å². The van der Waals surface area contributed by atoms with E-state index in [4.69, 9.17) is 4.74 Å². The van der Waals surface area contributed by atoms with Crippen LogP contribution < -0.4 is 5.32 Å². The van der Waals surface area contributed by atoms with Gasteiger partial charge in [-0.05, 0) is 37.5 Å². The molecule has 1 fully saturated rings. The summed E-state index contributed by atoms with van der Waals surface area (Å²) in [6.07, 6.45) is 2.26. The molecule has 1 aromatic rings. The number of ether oxygens (including phenoxy) is 1. The Kier molecular flexibility index (Phi) is 2.80. The van der Waals surface area contributed by atoms with Gasteiger partial charge < -0.3 is 10.1 Å². The summed E-state index contributed by atoms with van der Waals surface area (Å²) in [4.78, 5) is 0. The first-order valence-electron chi connectivity index (χ1n) is 6.71. The topological polar surface area (TPSA) is 21.3 Å². The van der Waals surface area contributed by atoms with Gasteiger partial charge in [0, 0.05) is 19.0 Å². The third-order valence-corrected chi connectivity index (χ3v) is 4.18. The second kappa shape index (κ2) is 4.22. The van der Waals surface area contributed by atoms with Crippen molar-refractivity contribution in [2.45, 2.75) is 38.9 Å². The Hall–Kier alpha value is -1.12. The van der Waals surface area contributed by atoms with Crippen molar-refractivity contribution in [2.75, 3.05) is 13.1 Å². The normalized spacial score (nSPS) is 29.6. The third kappa shape index (κ3) is 1.80. The van der Waals surface area contributed by atoms with Crippen molar-refractivity contribution in [1.82, 2.24) is 5.32 Å². The molecule has 0 radical (unpaired) electrons. The maximum Gasteiger partial charge on any atom is 0.0863 e. The molecule has 2 heterocycles. The summed E-state index contributed by atoms with van der Waals surface area (Å²) < 4.78 is 6.15. The maximum absolute atomic E-state index is 6.15. The zero-order valence-electron chi connectivity index (χ0n) is 11.4. The lowest BCUT2D eigenvalue weighted by atomic mass is 9.80. The van der Waals surface area contributed by atoms with Crippen molar-refractivity contribution in [3.8, 4) is 0 Å². The van der Waals surface area contributed by atoms with Crippen LogP contribution in [-0.2, 0) is 11.3 Å². The Bertz CT molecular complexity index is 502. The van der Waals surface area contributed by atoms with Gasteiger partial charge >= 0.3 is 0 Å². The Morgan fingerprint density at radius 2 is 2.28 bits per heavy atom. The monoisotopic (exact) mass is 243 g/mol. The Balaban J connectivity index is 2.09. The standard InChI is InChI=1S/C16H21NO/c1-11(2)7-12-5-4-6-13-14(12)9-18-16(3)10-17-8-15(13)16/h4-7,15,17H,8-10H2,1-3H3.